The van der Waals surface area contributed by atoms with Crippen molar-refractivity contribution >= 4 is 28.7 Å². The molecule has 0 bridgehead atoms. The maximum absolute atomic E-state index is 12.7. The second kappa shape index (κ2) is 7.42. The monoisotopic (exact) mass is 371 g/mol. The molecule has 144 valence electrons. The summed E-state index contributed by atoms with van der Waals surface area (Å²) in [5.41, 5.74) is 3.54. The van der Waals surface area contributed by atoms with Crippen LogP contribution in [0.25, 0.3) is 10.9 Å². The van der Waals surface area contributed by atoms with E-state index >= 15 is 0 Å². The highest BCUT2D eigenvalue weighted by molar-refractivity contribution is 6.00. The number of fused-ring (bicyclic) bond motifs is 1. The maximum Gasteiger partial charge on any atom is 0.308 e. The van der Waals surface area contributed by atoms with Crippen molar-refractivity contribution < 1.29 is 19.5 Å². The van der Waals surface area contributed by atoms with Crippen molar-refractivity contribution in [3.63, 3.8) is 0 Å². The predicted molar refractivity (Wildman–Crippen MR) is 102 cm³/mol. The molecule has 0 radical (unpaired) electrons. The van der Waals surface area contributed by atoms with Crippen LogP contribution in [-0.2, 0) is 9.59 Å². The number of aryl methyl sites for hydroxylation is 2. The molecule has 27 heavy (non-hydrogen) atoms. The molecule has 1 unspecified atom stereocenters. The van der Waals surface area contributed by atoms with Gasteiger partial charge in [-0.15, -0.1) is 0 Å². The van der Waals surface area contributed by atoms with Crippen LogP contribution >= 0.6 is 0 Å². The Morgan fingerprint density at radius 1 is 1.26 bits per heavy atom. The van der Waals surface area contributed by atoms with Gasteiger partial charge in [-0.1, -0.05) is 6.07 Å². The first-order valence-electron chi connectivity index (χ1n) is 9.12. The minimum Gasteiger partial charge on any atom is -0.481 e. The number of nitrogens with one attached hydrogen (secondary N) is 1. The molecule has 0 spiro atoms. The number of benzene rings is 1. The second-order valence-electron chi connectivity index (χ2n) is 7.40. The number of carboxylic acid groups (broad SMARTS) is 1. The number of nitrogens with zero attached hydrogens (tertiary/aromatic N) is 2. The highest BCUT2D eigenvalue weighted by Crippen LogP contribution is 2.22. The van der Waals surface area contributed by atoms with Crippen molar-refractivity contribution in [2.45, 2.75) is 26.7 Å². The first kappa shape index (κ1) is 18.9. The second-order valence-corrected chi connectivity index (χ2v) is 7.40. The summed E-state index contributed by atoms with van der Waals surface area (Å²) >= 11 is 0. The van der Waals surface area contributed by atoms with Gasteiger partial charge < -0.3 is 19.9 Å². The van der Waals surface area contributed by atoms with Gasteiger partial charge >= 0.3 is 5.97 Å². The average Bonchev–Trinajstić information content (AvgIpc) is 3.05. The Kier molecular flexibility index (Phi) is 5.21. The van der Waals surface area contributed by atoms with E-state index < -0.39 is 11.9 Å². The number of carbonyl (C=O) groups excluding carboxylic acids is 2. The molecule has 7 heteroatoms. The third kappa shape index (κ3) is 3.97. The van der Waals surface area contributed by atoms with Crippen LogP contribution in [-0.4, -0.2) is 64.4 Å². The fourth-order valence-corrected chi connectivity index (χ4v) is 3.70. The van der Waals surface area contributed by atoms with E-state index in [-0.39, 0.29) is 24.9 Å². The van der Waals surface area contributed by atoms with E-state index in [9.17, 15) is 14.4 Å². The van der Waals surface area contributed by atoms with Crippen LogP contribution in [0, 0.1) is 19.8 Å². The minimum atomic E-state index is -0.874. The van der Waals surface area contributed by atoms with E-state index in [0.717, 1.165) is 22.0 Å². The van der Waals surface area contributed by atoms with Gasteiger partial charge in [0.2, 0.25) is 5.91 Å². The molecule has 1 atom stereocenters. The summed E-state index contributed by atoms with van der Waals surface area (Å²) in [7, 11) is 1.59. The minimum absolute atomic E-state index is 0.0709. The number of piperidine rings is 1. The molecule has 2 amide bonds. The molecule has 3 rings (SSSR count). The highest BCUT2D eigenvalue weighted by Gasteiger charge is 2.29. The third-order valence-electron chi connectivity index (χ3n) is 5.16. The molecule has 7 nitrogen and oxygen atoms in total. The number of aromatic amines is 1. The SMILES string of the molecule is Cc1cc(C)c2cc(C(=O)N(C)CC(=O)N3CCCC(C(=O)O)C3)[nH]c2c1. The molecule has 1 saturated heterocycles. The number of carbonyl (C=O) groups is 3. The predicted octanol–water partition coefficient (Wildman–Crippen LogP) is 2.18. The van der Waals surface area contributed by atoms with Crippen molar-refractivity contribution in [2.75, 3.05) is 26.7 Å². The van der Waals surface area contributed by atoms with Gasteiger partial charge in [-0.25, -0.2) is 0 Å². The van der Waals surface area contributed by atoms with Crippen molar-refractivity contribution in [2.24, 2.45) is 5.92 Å². The summed E-state index contributed by atoms with van der Waals surface area (Å²) in [5.74, 6) is -1.88. The summed E-state index contributed by atoms with van der Waals surface area (Å²) in [6.45, 7) is 4.68. The first-order chi connectivity index (χ1) is 12.8. The van der Waals surface area contributed by atoms with Gasteiger partial charge in [-0.3, -0.25) is 14.4 Å². The number of H-pyrrole nitrogens is 1. The molecule has 0 aliphatic carbocycles. The summed E-state index contributed by atoms with van der Waals surface area (Å²) < 4.78 is 0. The number of aliphatic carboxylic acids is 1. The quantitative estimate of drug-likeness (QED) is 0.861. The largest absolute Gasteiger partial charge is 0.481 e. The van der Waals surface area contributed by atoms with Gasteiger partial charge in [0.25, 0.3) is 5.91 Å². The number of amides is 2. The molecule has 1 aromatic heterocycles. The number of hydrogen-bond acceptors (Lipinski definition) is 3. The molecule has 2 N–H and O–H groups in total. The zero-order valence-electron chi connectivity index (χ0n) is 15.9. The summed E-state index contributed by atoms with van der Waals surface area (Å²) in [4.78, 5) is 42.5. The number of carboxylic acids is 1. The molecule has 1 aliphatic heterocycles. The molecular formula is C20H25N3O4. The summed E-state index contributed by atoms with van der Waals surface area (Å²) in [6, 6.07) is 5.87. The van der Waals surface area contributed by atoms with Crippen LogP contribution in [0.4, 0.5) is 0 Å². The normalized spacial score (nSPS) is 17.1. The zero-order chi connectivity index (χ0) is 19.7. The molecule has 2 aromatic rings. The number of aromatic nitrogens is 1. The van der Waals surface area contributed by atoms with Crippen molar-refractivity contribution in [3.8, 4) is 0 Å². The Balaban J connectivity index is 1.69. The number of likely N-dealkylation sites (tertiary alicyclic amines) is 1. The molecule has 1 aliphatic rings. The van der Waals surface area contributed by atoms with E-state index in [1.807, 2.05) is 26.0 Å². The van der Waals surface area contributed by atoms with Gasteiger partial charge in [-0.2, -0.15) is 0 Å². The standard InChI is InChI=1S/C20H25N3O4/c1-12-7-13(2)15-9-17(21-16(15)8-12)19(25)22(3)11-18(24)23-6-4-5-14(10-23)20(26)27/h7-9,14,21H,4-6,10-11H2,1-3H3,(H,26,27). The van der Waals surface area contributed by atoms with E-state index in [2.05, 4.69) is 11.1 Å². The third-order valence-corrected chi connectivity index (χ3v) is 5.16. The van der Waals surface area contributed by atoms with E-state index in [1.54, 1.807) is 11.9 Å². The van der Waals surface area contributed by atoms with Gasteiger partial charge in [0.15, 0.2) is 0 Å². The van der Waals surface area contributed by atoms with Crippen LogP contribution in [0.1, 0.15) is 34.5 Å². The zero-order valence-corrected chi connectivity index (χ0v) is 15.9. The van der Waals surface area contributed by atoms with Crippen molar-refractivity contribution in [1.29, 1.82) is 0 Å². The van der Waals surface area contributed by atoms with E-state index in [0.29, 0.717) is 25.1 Å². The van der Waals surface area contributed by atoms with Gasteiger partial charge in [0.1, 0.15) is 5.69 Å². The lowest BCUT2D eigenvalue weighted by Crippen LogP contribution is -2.46. The lowest BCUT2D eigenvalue weighted by Gasteiger charge is -2.31. The smallest absolute Gasteiger partial charge is 0.308 e. The fourth-order valence-electron chi connectivity index (χ4n) is 3.70. The Bertz CT molecular complexity index is 902. The average molecular weight is 371 g/mol. The first-order valence-corrected chi connectivity index (χ1v) is 9.12. The molecule has 0 saturated carbocycles. The molecule has 2 heterocycles. The van der Waals surface area contributed by atoms with Crippen LogP contribution in [0.2, 0.25) is 0 Å². The lowest BCUT2D eigenvalue weighted by molar-refractivity contribution is -0.145. The van der Waals surface area contributed by atoms with E-state index in [4.69, 9.17) is 5.11 Å². The number of likely N-dealkylation sites (N-methyl/N-ethyl adjacent to an activating group) is 1. The van der Waals surface area contributed by atoms with Crippen molar-refractivity contribution in [1.82, 2.24) is 14.8 Å². The molecule has 1 fully saturated rings. The van der Waals surface area contributed by atoms with Crippen molar-refractivity contribution in [3.05, 3.63) is 35.0 Å². The maximum atomic E-state index is 12.7. The number of hydrogen-bond donors (Lipinski definition) is 2. The Hall–Kier alpha value is -2.83. The van der Waals surface area contributed by atoms with Gasteiger partial charge in [0, 0.05) is 31.0 Å². The van der Waals surface area contributed by atoms with Gasteiger partial charge in [-0.05, 0) is 49.9 Å². The number of rotatable bonds is 4. The van der Waals surface area contributed by atoms with Crippen LogP contribution in [0.5, 0.6) is 0 Å². The van der Waals surface area contributed by atoms with Crippen LogP contribution in [0.3, 0.4) is 0 Å². The topological polar surface area (TPSA) is 93.7 Å². The Morgan fingerprint density at radius 2 is 2.00 bits per heavy atom. The van der Waals surface area contributed by atoms with E-state index in [1.165, 1.54) is 4.90 Å². The van der Waals surface area contributed by atoms with Crippen LogP contribution < -0.4 is 0 Å². The van der Waals surface area contributed by atoms with Gasteiger partial charge in [0.05, 0.1) is 12.5 Å². The lowest BCUT2D eigenvalue weighted by atomic mass is 9.98. The highest BCUT2D eigenvalue weighted by atomic mass is 16.4. The summed E-state index contributed by atoms with van der Waals surface area (Å²) in [5, 5.41) is 10.2. The Morgan fingerprint density at radius 3 is 2.70 bits per heavy atom. The summed E-state index contributed by atoms with van der Waals surface area (Å²) in [6.07, 6.45) is 1.25. The fraction of sp³-hybridized carbons (Fsp3) is 0.450. The molecular weight excluding hydrogens is 346 g/mol. The van der Waals surface area contributed by atoms with Crippen LogP contribution in [0.15, 0.2) is 18.2 Å². The Labute approximate surface area is 157 Å². The molecule has 1 aromatic carbocycles.